The highest BCUT2D eigenvalue weighted by atomic mass is 16.2. The number of likely N-dealkylation sites (tertiary alicyclic amines) is 4. The number of Topliss-reactive ketones (excluding diaryl/α,β-unsaturated/α-hetero) is 3. The van der Waals surface area contributed by atoms with E-state index in [2.05, 4.69) is 105 Å². The molecule has 14 N–H and O–H groups in total. The molecule has 0 radical (unpaired) electrons. The van der Waals surface area contributed by atoms with E-state index in [1.165, 1.54) is 17.1 Å². The molecule has 7 saturated carbocycles. The maximum Gasteiger partial charge on any atom is 0.317 e. The van der Waals surface area contributed by atoms with Crippen LogP contribution in [-0.2, 0) is 62.3 Å². The number of nitrogens with zero attached hydrogens (tertiary/aromatic N) is 6. The number of ketones is 3. The van der Waals surface area contributed by atoms with Crippen molar-refractivity contribution in [3.05, 3.63) is 60.7 Å². The summed E-state index contributed by atoms with van der Waals surface area (Å²) in [6.45, 7) is 48.6. The summed E-state index contributed by atoms with van der Waals surface area (Å²) >= 11 is 0. The van der Waals surface area contributed by atoms with Crippen LogP contribution in [0.15, 0.2) is 49.6 Å². The number of imide groups is 1. The molecule has 6 aliphatic heterocycles. The summed E-state index contributed by atoms with van der Waals surface area (Å²) in [6.07, 6.45) is 22.6. The molecule has 1 aromatic rings. The highest BCUT2D eigenvalue weighted by molar-refractivity contribution is 6.39. The molecule has 14 rings (SSSR count). The van der Waals surface area contributed by atoms with E-state index in [0.29, 0.717) is 89.2 Å². The van der Waals surface area contributed by atoms with Crippen LogP contribution >= 0.6 is 0 Å². The molecule has 12 fully saturated rings. The minimum atomic E-state index is -1.11. The number of hydrogen-bond acceptors (Lipinski definition) is 19. The summed E-state index contributed by atoms with van der Waals surface area (Å²) in [7, 11) is 0. The number of fused-ring (bicyclic) bond motifs is 4. The first-order valence-electron chi connectivity index (χ1n) is 55.4. The van der Waals surface area contributed by atoms with Crippen LogP contribution in [0.2, 0.25) is 0 Å². The first-order valence-corrected chi connectivity index (χ1v) is 55.4. The SMILES string of the molecule is C=CCNC(=O)C(=O)C(CC1CCC1)NC(=O)[C@@H]1[C@@H]2[C@H](CN1C(=O)[C@@H](NC(=O)N[C@H](CN1CCCCC1=O)C(C)(C)C)C1CCCCC1)C2(C)C.C=CCNC(=O)C(=O)C(CCC)NC(=O)[C@@H]1[C@@H]2[C@H](CN1C(=O)[C@@H](NC(=O)N[C@H](CN1CCCNC1=O)C(C)(C)C)C1CCCCC1)C2(C)C.CC(C)(C)[C@H](NC(=O)N[C@H](CN1C(=O)c2ccccc2C1=O)C(C)(C)C)C(=O)N1C[C@H]2[C@@H]([C@H]1C(=O)NC(CC1CCC1)C(=O)C(N)=O)C2(C)C. The summed E-state index contributed by atoms with van der Waals surface area (Å²) in [5.74, 6) is -7.91. The lowest BCUT2D eigenvalue weighted by Gasteiger charge is -2.39. The number of nitrogens with two attached hydrogens (primary N) is 1. The molecule has 7 aliphatic carbocycles. The third-order valence-corrected chi connectivity index (χ3v) is 35.3. The summed E-state index contributed by atoms with van der Waals surface area (Å²) in [5, 5.41) is 34.5. The number of hydrogen-bond donors (Lipinski definition) is 13. The van der Waals surface area contributed by atoms with E-state index < -0.39 is 160 Å². The Morgan fingerprint density at radius 2 is 0.807 bits per heavy atom. The van der Waals surface area contributed by atoms with Crippen molar-refractivity contribution >= 4 is 112 Å². The van der Waals surface area contributed by atoms with Crippen LogP contribution in [-0.4, -0.2) is 286 Å². The maximum atomic E-state index is 14.7. The average molecular weight is 2090 g/mol. The number of piperidine rings is 4. The van der Waals surface area contributed by atoms with E-state index in [9.17, 15) is 91.1 Å². The molecule has 38 nitrogen and oxygen atoms in total. The Balaban J connectivity index is 0.000000199. The van der Waals surface area contributed by atoms with Gasteiger partial charge in [0.25, 0.3) is 29.5 Å². The number of rotatable bonds is 39. The van der Waals surface area contributed by atoms with Crippen LogP contribution in [0, 0.1) is 97.1 Å². The summed E-state index contributed by atoms with van der Waals surface area (Å²) in [4.78, 5) is 264. The second kappa shape index (κ2) is 48.3. The van der Waals surface area contributed by atoms with E-state index in [1.807, 2.05) is 109 Å². The molecule has 0 aromatic heterocycles. The van der Waals surface area contributed by atoms with Gasteiger partial charge in [-0.2, -0.15) is 0 Å². The molecular formula is C112H173N19O19. The van der Waals surface area contributed by atoms with Crippen molar-refractivity contribution in [3.63, 3.8) is 0 Å². The van der Waals surface area contributed by atoms with Gasteiger partial charge in [-0.15, -0.1) is 13.2 Å². The van der Waals surface area contributed by atoms with Crippen LogP contribution < -0.4 is 69.5 Å². The van der Waals surface area contributed by atoms with Gasteiger partial charge >= 0.3 is 24.1 Å². The predicted molar refractivity (Wildman–Crippen MR) is 565 cm³/mol. The Hall–Kier alpha value is -11.4. The van der Waals surface area contributed by atoms with Gasteiger partial charge in [0.2, 0.25) is 58.7 Å². The van der Waals surface area contributed by atoms with Crippen molar-refractivity contribution in [3.8, 4) is 0 Å². The summed E-state index contributed by atoms with van der Waals surface area (Å²) in [5.41, 5.74) is 3.32. The molecule has 38 heteroatoms. The van der Waals surface area contributed by atoms with Crippen LogP contribution in [0.5, 0.6) is 0 Å². The minimum Gasteiger partial charge on any atom is -0.363 e. The Morgan fingerprint density at radius 3 is 1.17 bits per heavy atom. The molecule has 1 aromatic carbocycles. The number of urea groups is 4. The lowest BCUT2D eigenvalue weighted by molar-refractivity contribution is -0.145. The number of nitrogens with one attached hydrogen (secondary N) is 12. The predicted octanol–water partition coefficient (Wildman–Crippen LogP) is 9.02. The molecule has 830 valence electrons. The Kier molecular flexibility index (Phi) is 37.8. The Labute approximate surface area is 885 Å². The van der Waals surface area contributed by atoms with E-state index in [1.54, 1.807) is 39.0 Å². The van der Waals surface area contributed by atoms with Gasteiger partial charge in [-0.25, -0.2) is 19.2 Å². The fraction of sp³-hybridized carbons (Fsp3) is 0.741. The normalized spacial score (nSPS) is 25.4. The zero-order valence-corrected chi connectivity index (χ0v) is 92.3. The van der Waals surface area contributed by atoms with Crippen LogP contribution in [0.1, 0.15) is 306 Å². The lowest BCUT2D eigenvalue weighted by Crippen LogP contribution is -2.63. The van der Waals surface area contributed by atoms with Crippen molar-refractivity contribution in [1.29, 1.82) is 0 Å². The monoisotopic (exact) mass is 2090 g/mol. The van der Waals surface area contributed by atoms with Crippen LogP contribution in [0.3, 0.4) is 0 Å². The number of carbonyl (C=O) groups is 19. The molecule has 150 heavy (non-hydrogen) atoms. The van der Waals surface area contributed by atoms with Crippen molar-refractivity contribution in [2.24, 2.45) is 103 Å². The second-order valence-corrected chi connectivity index (χ2v) is 50.9. The van der Waals surface area contributed by atoms with Crippen molar-refractivity contribution in [1.82, 2.24) is 93.2 Å². The zero-order valence-electron chi connectivity index (χ0n) is 92.3. The zero-order chi connectivity index (χ0) is 110. The standard InChI is InChI=1S/C39H62N6O6.C37H52N6O7.C36H59N7O6/c1-7-19-40-35(49)33(47)27(21-24-14-13-15-24)41-34(48)32-30-26(39(30,5)6)22-45(32)36(50)31(25-16-9-8-10-17-25)43-37(51)42-28(38(2,3)4)23-44-20-12-11-18-29(44)46;1-35(2,3)24(18-43-31(47)20-14-9-10-15-21(20)32(43)48)40-34(50)41-28(36(4,5)6)33(49)42-17-22-25(37(22,7)8)26(42)30(46)39-23(27(44)29(38)45)16-19-12-11-13-19;1-8-14-24(29(44)31(46)37-17-9-2)39-30(45)28-26-23(36(26,6)7)20-43(28)32(47)27(22-15-11-10-12-16-22)41-33(48)40-25(35(3,4)5)21-42-19-13-18-38-34(42)49/h7,24-28,30-32H,1,8-23H2,2-6H3,(H,40,49)(H,41,48)(H2,42,43,51);9-10,14-15,19,22-26,28H,11-13,16-18H2,1-8H3,(H2,38,45)(H,39,46)(H2,40,41,50);9,22-28H,2,8,10-21H2,1,3-7H3,(H,37,46)(H,38,49)(H,39,45)(H2,40,41,48)/t26-,27?,28+,30-,31-,32-;22-,23?,24+,25-,26-,28+;23-,24?,25+,26-,27-,28-/m000/s1. The van der Waals surface area contributed by atoms with Crippen LogP contribution in [0.25, 0.3) is 0 Å². The molecular weight excluding hydrogens is 1920 g/mol. The molecule has 20 amide bonds. The van der Waals surface area contributed by atoms with Gasteiger partial charge in [0, 0.05) is 71.9 Å². The number of primary amides is 1. The van der Waals surface area contributed by atoms with Crippen molar-refractivity contribution in [2.75, 3.05) is 72.0 Å². The average Bonchev–Trinajstić information content (AvgIpc) is 1.53. The molecule has 0 spiro atoms. The fourth-order valence-electron chi connectivity index (χ4n) is 24.8. The molecule has 18 atom stereocenters. The topological polar surface area (TPSA) is 514 Å². The van der Waals surface area contributed by atoms with Gasteiger partial charge in [0.1, 0.15) is 36.3 Å². The third kappa shape index (κ3) is 27.4. The van der Waals surface area contributed by atoms with Gasteiger partial charge in [0.05, 0.1) is 53.9 Å². The van der Waals surface area contributed by atoms with Gasteiger partial charge in [-0.05, 0) is 173 Å². The number of amides is 20. The highest BCUT2D eigenvalue weighted by Crippen LogP contribution is 2.67. The first kappa shape index (κ1) is 117. The van der Waals surface area contributed by atoms with Gasteiger partial charge < -0.3 is 94.0 Å². The molecule has 5 saturated heterocycles. The van der Waals surface area contributed by atoms with Crippen LogP contribution in [0.4, 0.5) is 19.2 Å². The Morgan fingerprint density at radius 1 is 0.433 bits per heavy atom. The smallest absolute Gasteiger partial charge is 0.317 e. The van der Waals surface area contributed by atoms with E-state index >= 15 is 0 Å². The number of benzene rings is 1. The lowest BCUT2D eigenvalue weighted by atomic mass is 9.80. The second-order valence-electron chi connectivity index (χ2n) is 50.9. The van der Waals surface area contributed by atoms with E-state index in [4.69, 9.17) is 5.73 Å². The van der Waals surface area contributed by atoms with E-state index in [0.717, 1.165) is 127 Å². The molecule has 0 bridgehead atoms. The van der Waals surface area contributed by atoms with Crippen molar-refractivity contribution in [2.45, 2.75) is 358 Å². The van der Waals surface area contributed by atoms with Gasteiger partial charge in [0.15, 0.2) is 0 Å². The minimum absolute atomic E-state index is 0.0403. The first-order chi connectivity index (χ1) is 70.4. The van der Waals surface area contributed by atoms with Gasteiger partial charge in [-0.3, -0.25) is 76.8 Å². The highest BCUT2D eigenvalue weighted by Gasteiger charge is 2.73. The number of carbonyl (C=O) groups excluding carboxylic acids is 19. The maximum absolute atomic E-state index is 14.7. The van der Waals surface area contributed by atoms with Gasteiger partial charge in [-0.1, -0.05) is 239 Å². The van der Waals surface area contributed by atoms with Crippen molar-refractivity contribution < 1.29 is 91.1 Å². The quantitative estimate of drug-likeness (QED) is 0.0166. The van der Waals surface area contributed by atoms with E-state index in [-0.39, 0.29) is 148 Å². The molecule has 3 unspecified atom stereocenters. The summed E-state index contributed by atoms with van der Waals surface area (Å²) < 4.78 is 0. The molecule has 6 heterocycles. The summed E-state index contributed by atoms with van der Waals surface area (Å²) in [6, 6.07) is -4.89. The fourth-order valence-corrected chi connectivity index (χ4v) is 24.8. The largest absolute Gasteiger partial charge is 0.363 e. The third-order valence-electron chi connectivity index (χ3n) is 35.3. The Bertz CT molecular complexity index is 5180. The molecule has 13 aliphatic rings.